The Morgan fingerprint density at radius 2 is 1.30 bits per heavy atom. The molecule has 19 nitrogen and oxygen atoms in total. The van der Waals surface area contributed by atoms with E-state index in [-0.39, 0.29) is 56.3 Å². The van der Waals surface area contributed by atoms with Crippen LogP contribution in [0.5, 0.6) is 0 Å². The van der Waals surface area contributed by atoms with E-state index in [1.807, 2.05) is 29.0 Å². The number of hydrogen-bond donors (Lipinski definition) is 9. The van der Waals surface area contributed by atoms with E-state index >= 15 is 0 Å². The number of carboxylic acid groups (broad SMARTS) is 4. The maximum atomic E-state index is 12.2. The Hall–Kier alpha value is -3.69. The minimum absolute atomic E-state index is 0.0174. The fourth-order valence-corrected chi connectivity index (χ4v) is 8.91. The van der Waals surface area contributed by atoms with E-state index in [2.05, 4.69) is 72.4 Å². The maximum absolute atomic E-state index is 12.2. The second-order valence-corrected chi connectivity index (χ2v) is 18.6. The number of hydrogen-bond acceptors (Lipinski definition) is 15. The van der Waals surface area contributed by atoms with Crippen LogP contribution in [0.1, 0.15) is 35.4 Å². The average Bonchev–Trinajstić information content (AvgIpc) is 3.89. The summed E-state index contributed by atoms with van der Waals surface area (Å²) in [5.41, 5.74) is 6.67. The molecule has 0 radical (unpaired) electrons. The zero-order valence-corrected chi connectivity index (χ0v) is 37.2. The molecule has 2 aromatic heterocycles. The third-order valence-corrected chi connectivity index (χ3v) is 12.9. The number of nitrogens with one attached hydrogen (secondary N) is 4. The van der Waals surface area contributed by atoms with Gasteiger partial charge in [0.15, 0.2) is 0 Å². The second-order valence-electron chi connectivity index (χ2n) is 11.3. The van der Waals surface area contributed by atoms with Gasteiger partial charge in [-0.25, -0.2) is 0 Å². The van der Waals surface area contributed by atoms with Crippen LogP contribution >= 0.6 is 47.1 Å². The van der Waals surface area contributed by atoms with Gasteiger partial charge in [0.2, 0.25) is 11.8 Å². The van der Waals surface area contributed by atoms with Gasteiger partial charge in [-0.2, -0.15) is 12.6 Å². The van der Waals surface area contributed by atoms with E-state index in [4.69, 9.17) is 15.5 Å². The number of rotatable bonds is 24. The van der Waals surface area contributed by atoms with Crippen LogP contribution in [-0.4, -0.2) is 142 Å². The number of aliphatic carboxylic acids is 4. The first-order valence-electron chi connectivity index (χ1n) is 16.5. The van der Waals surface area contributed by atoms with Crippen molar-refractivity contribution in [1.29, 1.82) is 5.26 Å². The summed E-state index contributed by atoms with van der Waals surface area (Å²) in [4.78, 5) is 94.0. The molecule has 4 amide bonds. The van der Waals surface area contributed by atoms with Gasteiger partial charge in [0.25, 0.3) is 0 Å². The Morgan fingerprint density at radius 3 is 1.70 bits per heavy atom. The number of amides is 4. The van der Waals surface area contributed by atoms with E-state index in [1.54, 1.807) is 22.7 Å². The van der Waals surface area contributed by atoms with Crippen LogP contribution in [0, 0.1) is 10.2 Å². The van der Waals surface area contributed by atoms with E-state index in [0.29, 0.717) is 0 Å². The molecule has 0 aliphatic heterocycles. The van der Waals surface area contributed by atoms with Crippen molar-refractivity contribution in [3.63, 3.8) is 0 Å². The molecule has 2 heterocycles. The van der Waals surface area contributed by atoms with E-state index in [0.717, 1.165) is 11.7 Å². The van der Waals surface area contributed by atoms with Crippen LogP contribution in [0.2, 0.25) is 0 Å². The number of nitrogens with zero attached hydrogens (tertiary/aromatic N) is 1. The first-order valence-corrected chi connectivity index (χ1v) is 23.1. The molecule has 316 valence electrons. The summed E-state index contributed by atoms with van der Waals surface area (Å²) >= 11 is 11.4. The zero-order chi connectivity index (χ0) is 43.3. The van der Waals surface area contributed by atoms with Crippen molar-refractivity contribution >= 4 is 126 Å². The van der Waals surface area contributed by atoms with Crippen molar-refractivity contribution in [2.45, 2.75) is 65.7 Å². The molecule has 0 bridgehead atoms. The van der Waals surface area contributed by atoms with Crippen LogP contribution in [-0.2, 0) is 50.1 Å². The summed E-state index contributed by atoms with van der Waals surface area (Å²) in [6.45, 7) is -1.12. The van der Waals surface area contributed by atoms with Crippen LogP contribution in [0.4, 0.5) is 0 Å². The summed E-state index contributed by atoms with van der Waals surface area (Å²) in [6, 6.07) is 4.09. The van der Waals surface area contributed by atoms with Gasteiger partial charge >= 0.3 is 249 Å². The summed E-state index contributed by atoms with van der Waals surface area (Å²) in [5, 5.41) is 60.7. The van der Waals surface area contributed by atoms with E-state index < -0.39 is 84.8 Å². The Morgan fingerprint density at radius 1 is 0.842 bits per heavy atom. The van der Waals surface area contributed by atoms with Crippen molar-refractivity contribution in [1.82, 2.24) is 21.3 Å². The fraction of sp³-hybridized carbons (Fsp3) is 0.469. The van der Waals surface area contributed by atoms with Crippen molar-refractivity contribution in [2.75, 3.05) is 24.6 Å². The summed E-state index contributed by atoms with van der Waals surface area (Å²) in [5.74, 6) is -7.23. The van der Waals surface area contributed by atoms with Gasteiger partial charge in [0, 0.05) is 18.6 Å². The molecule has 0 aliphatic carbocycles. The number of carbonyl (C=O) groups excluding carboxylic acids is 6. The minimum atomic E-state index is -1.36. The molecular formula is C32H45N7O12S4Se2. The van der Waals surface area contributed by atoms with Gasteiger partial charge in [-0.05, 0) is 0 Å². The van der Waals surface area contributed by atoms with Crippen molar-refractivity contribution < 1.29 is 70.2 Å². The van der Waals surface area contributed by atoms with Gasteiger partial charge in [0.05, 0.1) is 5.97 Å². The Balaban J connectivity index is 0.000000933. The third-order valence-electron chi connectivity index (χ3n) is 6.69. The average molecular weight is 1010 g/mol. The predicted molar refractivity (Wildman–Crippen MR) is 212 cm³/mol. The summed E-state index contributed by atoms with van der Waals surface area (Å²) in [6.07, 6.45) is 0.476. The first kappa shape index (κ1) is 53.3. The Labute approximate surface area is 360 Å². The van der Waals surface area contributed by atoms with Gasteiger partial charge in [-0.1, -0.05) is 0 Å². The number of carbonyl (C=O) groups is 8. The molecule has 0 aromatic carbocycles. The predicted octanol–water partition coefficient (Wildman–Crippen LogP) is -5.75. The monoisotopic (exact) mass is 1010 g/mol. The first-order chi connectivity index (χ1) is 26.9. The molecule has 0 fully saturated rings. The molecule has 5 unspecified atom stereocenters. The molecule has 0 aliphatic rings. The Bertz CT molecular complexity index is 1620. The van der Waals surface area contributed by atoms with Crippen LogP contribution in [0.15, 0.2) is 35.0 Å². The molecular weight excluding hydrogens is 961 g/mol. The number of nitriles is 1. The molecule has 57 heavy (non-hydrogen) atoms. The standard InChI is InChI=1S/C16H23N3O6S2Se.C10H17N3O6S.C6H5NSSe/c17-10(16(24)25)3-4-12(20)19-11(15(23)18-7-13(21)22)8-27-14(28)6-9-2-1-5-26-9;11-5(10(18)19)1-2-7(14)13-6(4-20)9(17)12-3-8(15)16;7-5-9-4-6-2-1-3-8-6/h1-2,5,10-11,14,28H,3-4,6-8,17H2,(H,18,23)(H,19,20)(H,21,22)(H,24,25);5-6,20H,1-4,11H2,(H,12,17)(H,13,14)(H,15,16)(H,18,19);1-3H,4H2. The number of thiophene rings is 2. The quantitative estimate of drug-likeness (QED) is 0.0350. The van der Waals surface area contributed by atoms with Crippen LogP contribution in [0.3, 0.4) is 0 Å². The van der Waals surface area contributed by atoms with E-state index in [9.17, 15) is 48.6 Å². The SMILES string of the molecule is N#C[Se]Cc1cccs1.[NH3+]C(CCC(=O)NC(CS)C(=O)NCC(=O)O)C(=O)[O-].[NH3+]C(CCC(=O)NC(CSC([SeH])Cc1cccs1)C(=O)NCC(=O)O)C(=O)[O-]. The number of thioether (sulfide) groups is 1. The van der Waals surface area contributed by atoms with Gasteiger partial charge in [-0.15, -0.1) is 0 Å². The van der Waals surface area contributed by atoms with Crippen molar-refractivity contribution in [2.24, 2.45) is 0 Å². The summed E-state index contributed by atoms with van der Waals surface area (Å²) in [7, 11) is 0. The van der Waals surface area contributed by atoms with Crippen molar-refractivity contribution in [3.8, 4) is 4.97 Å². The molecule has 0 saturated carbocycles. The van der Waals surface area contributed by atoms with E-state index in [1.165, 1.54) is 21.5 Å². The van der Waals surface area contributed by atoms with Crippen LogP contribution in [0.25, 0.3) is 0 Å². The zero-order valence-electron chi connectivity index (χ0n) is 30.3. The molecule has 25 heteroatoms. The van der Waals surface area contributed by atoms with Gasteiger partial charge < -0.3 is 31.4 Å². The summed E-state index contributed by atoms with van der Waals surface area (Å²) < 4.78 is 0.125. The molecule has 5 atom stereocenters. The van der Waals surface area contributed by atoms with Crippen molar-refractivity contribution in [3.05, 3.63) is 44.8 Å². The topological polar surface area (TPSA) is 350 Å². The second kappa shape index (κ2) is 31.3. The number of thiol groups is 1. The third kappa shape index (κ3) is 27.6. The molecule has 0 saturated heterocycles. The fourth-order valence-electron chi connectivity index (χ4n) is 3.69. The van der Waals surface area contributed by atoms with Gasteiger partial charge in [0.1, 0.15) is 18.6 Å². The molecule has 12 N–H and O–H groups in total. The molecule has 2 rings (SSSR count). The number of quaternary nitrogens is 2. The Kier molecular flexibility index (Phi) is 29.3. The van der Waals surface area contributed by atoms with Crippen LogP contribution < -0.4 is 42.9 Å². The van der Waals surface area contributed by atoms with Gasteiger partial charge in [-0.3, -0.25) is 14.4 Å². The molecule has 0 spiro atoms. The number of carboxylic acids is 4. The molecule has 2 aromatic rings. The normalized spacial score (nSPS) is 12.8.